The summed E-state index contributed by atoms with van der Waals surface area (Å²) in [5.41, 5.74) is 3.09. The zero-order chi connectivity index (χ0) is 23.6. The molecule has 1 N–H and O–H groups in total. The first-order chi connectivity index (χ1) is 16.8. The molecule has 0 unspecified atom stereocenters. The van der Waals surface area contributed by atoms with Gasteiger partial charge in [-0.3, -0.25) is 0 Å². The summed E-state index contributed by atoms with van der Waals surface area (Å²) in [7, 11) is 1.57. The van der Waals surface area contributed by atoms with Crippen molar-refractivity contribution < 1.29 is 28.8 Å². The van der Waals surface area contributed by atoms with Crippen molar-refractivity contribution in [1.82, 2.24) is 0 Å². The van der Waals surface area contributed by atoms with Crippen molar-refractivity contribution in [2.45, 2.75) is 50.5 Å². The summed E-state index contributed by atoms with van der Waals surface area (Å²) in [5.74, 6) is 0. The van der Waals surface area contributed by atoms with Crippen LogP contribution >= 0.6 is 0 Å². The summed E-state index contributed by atoms with van der Waals surface area (Å²) in [5, 5.41) is 10.1. The van der Waals surface area contributed by atoms with Crippen LogP contribution in [0.1, 0.15) is 16.7 Å². The van der Waals surface area contributed by atoms with E-state index in [1.807, 2.05) is 91.0 Å². The number of aliphatic hydroxyl groups is 1. The van der Waals surface area contributed by atoms with Gasteiger partial charge in [-0.1, -0.05) is 91.0 Å². The lowest BCUT2D eigenvalue weighted by Gasteiger charge is -2.45. The molecule has 3 aromatic rings. The van der Waals surface area contributed by atoms with Crippen LogP contribution in [0.15, 0.2) is 91.0 Å². The van der Waals surface area contributed by atoms with E-state index in [2.05, 4.69) is 0 Å². The highest BCUT2D eigenvalue weighted by atomic mass is 16.7. The van der Waals surface area contributed by atoms with Gasteiger partial charge in [0, 0.05) is 7.11 Å². The van der Waals surface area contributed by atoms with E-state index < -0.39 is 30.7 Å². The molecule has 6 heteroatoms. The van der Waals surface area contributed by atoms with Crippen molar-refractivity contribution in [3.63, 3.8) is 0 Å². The van der Waals surface area contributed by atoms with Gasteiger partial charge in [-0.05, 0) is 16.7 Å². The number of methoxy groups -OCH3 is 1. The predicted octanol–water partition coefficient (Wildman–Crippen LogP) is 4.11. The molecule has 0 aromatic heterocycles. The van der Waals surface area contributed by atoms with Crippen LogP contribution < -0.4 is 0 Å². The topological polar surface area (TPSA) is 66.4 Å². The standard InChI is InChI=1S/C28H32O6/c1-30-28-27(33-20-23-15-9-4-10-16-23)26(32-19-22-13-7-3-8-14-22)25(24(17-29)34-28)31-18-21-11-5-2-6-12-21/h2-16,24-29H,17-20H2,1H3/t24-,25-,26-,27+,28+/m1/s1. The minimum absolute atomic E-state index is 0.226. The second kappa shape index (κ2) is 12.8. The minimum atomic E-state index is -0.710. The van der Waals surface area contributed by atoms with Gasteiger partial charge in [0.15, 0.2) is 6.29 Å². The molecular weight excluding hydrogens is 432 g/mol. The van der Waals surface area contributed by atoms with Gasteiger partial charge in [0.25, 0.3) is 0 Å². The molecule has 180 valence electrons. The molecule has 6 nitrogen and oxygen atoms in total. The number of hydrogen-bond donors (Lipinski definition) is 1. The third-order valence-electron chi connectivity index (χ3n) is 5.86. The summed E-state index contributed by atoms with van der Waals surface area (Å²) < 4.78 is 30.7. The Bertz CT molecular complexity index is 895. The Morgan fingerprint density at radius 1 is 0.618 bits per heavy atom. The SMILES string of the molecule is CO[C@H]1O[C@H](CO)[C@@H](OCc2ccccc2)[C@@H](OCc2ccccc2)[C@@H]1OCc1ccccc1. The van der Waals surface area contributed by atoms with E-state index in [4.69, 9.17) is 23.7 Å². The first-order valence-electron chi connectivity index (χ1n) is 11.5. The van der Waals surface area contributed by atoms with Crippen LogP contribution in [0.4, 0.5) is 0 Å². The number of benzene rings is 3. The Kier molecular flexibility index (Phi) is 9.21. The minimum Gasteiger partial charge on any atom is -0.394 e. The average molecular weight is 465 g/mol. The molecule has 0 radical (unpaired) electrons. The van der Waals surface area contributed by atoms with Gasteiger partial charge >= 0.3 is 0 Å². The fourth-order valence-electron chi connectivity index (χ4n) is 4.08. The monoisotopic (exact) mass is 464 g/mol. The largest absolute Gasteiger partial charge is 0.394 e. The molecular formula is C28H32O6. The Morgan fingerprint density at radius 2 is 1.03 bits per heavy atom. The van der Waals surface area contributed by atoms with Crippen LogP contribution in [0.5, 0.6) is 0 Å². The zero-order valence-corrected chi connectivity index (χ0v) is 19.4. The highest BCUT2D eigenvalue weighted by Crippen LogP contribution is 2.30. The molecule has 1 heterocycles. The van der Waals surface area contributed by atoms with Crippen LogP contribution in [0.3, 0.4) is 0 Å². The molecule has 34 heavy (non-hydrogen) atoms. The molecule has 1 aliphatic heterocycles. The molecule has 0 aliphatic carbocycles. The van der Waals surface area contributed by atoms with Crippen LogP contribution in [0, 0.1) is 0 Å². The molecule has 0 saturated carbocycles. The molecule has 1 fully saturated rings. The lowest BCUT2D eigenvalue weighted by molar-refractivity contribution is -0.321. The second-order valence-electron chi connectivity index (χ2n) is 8.24. The lowest BCUT2D eigenvalue weighted by Crippen LogP contribution is -2.61. The summed E-state index contributed by atoms with van der Waals surface area (Å²) in [6.07, 6.45) is -2.97. The molecule has 0 amide bonds. The number of aliphatic hydroxyl groups excluding tert-OH is 1. The number of hydrogen-bond acceptors (Lipinski definition) is 6. The van der Waals surface area contributed by atoms with E-state index in [9.17, 15) is 5.11 Å². The average Bonchev–Trinajstić information content (AvgIpc) is 2.91. The van der Waals surface area contributed by atoms with Gasteiger partial charge < -0.3 is 28.8 Å². The summed E-state index contributed by atoms with van der Waals surface area (Å²) >= 11 is 0. The summed E-state index contributed by atoms with van der Waals surface area (Å²) in [6, 6.07) is 29.8. The molecule has 1 saturated heterocycles. The van der Waals surface area contributed by atoms with E-state index in [0.29, 0.717) is 19.8 Å². The van der Waals surface area contributed by atoms with Gasteiger partial charge in [-0.15, -0.1) is 0 Å². The number of rotatable bonds is 11. The lowest BCUT2D eigenvalue weighted by atomic mass is 9.98. The molecule has 3 aromatic carbocycles. The fourth-order valence-corrected chi connectivity index (χ4v) is 4.08. The smallest absolute Gasteiger partial charge is 0.186 e. The van der Waals surface area contributed by atoms with Gasteiger partial charge in [-0.25, -0.2) is 0 Å². The Hall–Kier alpha value is -2.58. The van der Waals surface area contributed by atoms with Gasteiger partial charge in [0.1, 0.15) is 24.4 Å². The van der Waals surface area contributed by atoms with E-state index in [1.54, 1.807) is 7.11 Å². The molecule has 4 rings (SSSR count). The van der Waals surface area contributed by atoms with Crippen LogP contribution in [0.2, 0.25) is 0 Å². The van der Waals surface area contributed by atoms with Crippen molar-refractivity contribution in [3.05, 3.63) is 108 Å². The van der Waals surface area contributed by atoms with Gasteiger partial charge in [0.05, 0.1) is 26.4 Å². The van der Waals surface area contributed by atoms with Gasteiger partial charge in [0.2, 0.25) is 0 Å². The molecule has 1 aliphatic rings. The van der Waals surface area contributed by atoms with Crippen LogP contribution in [-0.4, -0.2) is 49.5 Å². The van der Waals surface area contributed by atoms with Crippen molar-refractivity contribution in [3.8, 4) is 0 Å². The molecule has 5 atom stereocenters. The highest BCUT2D eigenvalue weighted by molar-refractivity contribution is 5.15. The van der Waals surface area contributed by atoms with Crippen molar-refractivity contribution in [2.75, 3.05) is 13.7 Å². The summed E-state index contributed by atoms with van der Waals surface area (Å²) in [6.45, 7) is 0.876. The fraction of sp³-hybridized carbons (Fsp3) is 0.357. The van der Waals surface area contributed by atoms with Gasteiger partial charge in [-0.2, -0.15) is 0 Å². The predicted molar refractivity (Wildman–Crippen MR) is 128 cm³/mol. The Morgan fingerprint density at radius 3 is 1.44 bits per heavy atom. The normalized spacial score (nSPS) is 24.7. The highest BCUT2D eigenvalue weighted by Gasteiger charge is 2.48. The third kappa shape index (κ3) is 6.51. The van der Waals surface area contributed by atoms with Crippen molar-refractivity contribution >= 4 is 0 Å². The Labute approximate surface area is 201 Å². The first kappa shape index (κ1) is 24.5. The number of ether oxygens (including phenoxy) is 5. The maximum atomic E-state index is 10.1. The van der Waals surface area contributed by atoms with Crippen LogP contribution in [0.25, 0.3) is 0 Å². The second-order valence-corrected chi connectivity index (χ2v) is 8.24. The first-order valence-corrected chi connectivity index (χ1v) is 11.5. The van der Waals surface area contributed by atoms with Crippen molar-refractivity contribution in [2.24, 2.45) is 0 Å². The molecule has 0 bridgehead atoms. The zero-order valence-electron chi connectivity index (χ0n) is 19.4. The summed E-state index contributed by atoms with van der Waals surface area (Å²) in [4.78, 5) is 0. The third-order valence-corrected chi connectivity index (χ3v) is 5.86. The van der Waals surface area contributed by atoms with Crippen LogP contribution in [-0.2, 0) is 43.5 Å². The van der Waals surface area contributed by atoms with E-state index in [0.717, 1.165) is 16.7 Å². The van der Waals surface area contributed by atoms with E-state index in [-0.39, 0.29) is 6.61 Å². The maximum Gasteiger partial charge on any atom is 0.186 e. The van der Waals surface area contributed by atoms with E-state index >= 15 is 0 Å². The quantitative estimate of drug-likeness (QED) is 0.461. The van der Waals surface area contributed by atoms with Crippen molar-refractivity contribution in [1.29, 1.82) is 0 Å². The van der Waals surface area contributed by atoms with E-state index in [1.165, 1.54) is 0 Å². The molecule has 0 spiro atoms. The maximum absolute atomic E-state index is 10.1. The Balaban J connectivity index is 1.56.